The summed E-state index contributed by atoms with van der Waals surface area (Å²) in [6.45, 7) is 7.71. The van der Waals surface area contributed by atoms with Crippen LogP contribution in [0.2, 0.25) is 0 Å². The summed E-state index contributed by atoms with van der Waals surface area (Å²) in [4.78, 5) is 0. The van der Waals surface area contributed by atoms with E-state index < -0.39 is 0 Å². The molecule has 0 aliphatic carbocycles. The third-order valence-corrected chi connectivity index (χ3v) is 2.79. The van der Waals surface area contributed by atoms with Gasteiger partial charge in [0, 0.05) is 0 Å². The highest BCUT2D eigenvalue weighted by molar-refractivity contribution is 5.38. The number of nitrogens with one attached hydrogen (secondary N) is 1. The minimum absolute atomic E-state index is 1.06. The first kappa shape index (κ1) is 11.3. The van der Waals surface area contributed by atoms with Crippen molar-refractivity contribution in [2.75, 3.05) is 13.6 Å². The summed E-state index contributed by atoms with van der Waals surface area (Å²) >= 11 is 0. The molecule has 1 N–H and O–H groups in total. The zero-order valence-corrected chi connectivity index (χ0v) is 9.78. The summed E-state index contributed by atoms with van der Waals surface area (Å²) in [5, 5.41) is 3.20. The fourth-order valence-corrected chi connectivity index (χ4v) is 1.90. The second kappa shape index (κ2) is 5.16. The van der Waals surface area contributed by atoms with E-state index in [9.17, 15) is 0 Å². The highest BCUT2D eigenvalue weighted by Crippen LogP contribution is 2.17. The molecule has 1 heteroatoms. The number of rotatable bonds is 4. The van der Waals surface area contributed by atoms with Crippen LogP contribution in [-0.4, -0.2) is 13.6 Å². The smallest absolute Gasteiger partial charge is 0.00113 e. The first-order valence-corrected chi connectivity index (χ1v) is 5.42. The van der Waals surface area contributed by atoms with Crippen LogP contribution >= 0.6 is 0 Å². The van der Waals surface area contributed by atoms with E-state index in [1.165, 1.54) is 22.3 Å². The average Bonchev–Trinajstić information content (AvgIpc) is 2.18. The molecular formula is C13H21N. The minimum atomic E-state index is 1.06. The SMILES string of the molecule is CCc1cc(C)cc(CCNC)c1C. The molecule has 78 valence electrons. The first-order valence-electron chi connectivity index (χ1n) is 5.42. The van der Waals surface area contributed by atoms with Gasteiger partial charge in [-0.05, 0) is 57.0 Å². The topological polar surface area (TPSA) is 12.0 Å². The zero-order valence-electron chi connectivity index (χ0n) is 9.78. The molecule has 0 spiro atoms. The predicted octanol–water partition coefficient (Wildman–Crippen LogP) is 2.63. The molecule has 0 saturated heterocycles. The Morgan fingerprint density at radius 3 is 2.36 bits per heavy atom. The second-order valence-electron chi connectivity index (χ2n) is 3.92. The van der Waals surface area contributed by atoms with Crippen molar-refractivity contribution in [1.82, 2.24) is 5.32 Å². The van der Waals surface area contributed by atoms with E-state index in [0.29, 0.717) is 0 Å². The standard InChI is InChI=1S/C13H21N/c1-5-12-8-10(2)9-13(11(12)3)6-7-14-4/h8-9,14H,5-7H2,1-4H3. The highest BCUT2D eigenvalue weighted by Gasteiger charge is 2.03. The van der Waals surface area contributed by atoms with Crippen molar-refractivity contribution < 1.29 is 0 Å². The van der Waals surface area contributed by atoms with Crippen LogP contribution in [-0.2, 0) is 12.8 Å². The van der Waals surface area contributed by atoms with Gasteiger partial charge in [0.15, 0.2) is 0 Å². The number of likely N-dealkylation sites (N-methyl/N-ethyl adjacent to an activating group) is 1. The van der Waals surface area contributed by atoms with Gasteiger partial charge in [0.2, 0.25) is 0 Å². The van der Waals surface area contributed by atoms with E-state index in [1.54, 1.807) is 0 Å². The van der Waals surface area contributed by atoms with Gasteiger partial charge in [-0.25, -0.2) is 0 Å². The maximum Gasteiger partial charge on any atom is -0.00113 e. The summed E-state index contributed by atoms with van der Waals surface area (Å²) in [6.07, 6.45) is 2.27. The number of benzene rings is 1. The van der Waals surface area contributed by atoms with Crippen LogP contribution in [0.3, 0.4) is 0 Å². The fourth-order valence-electron chi connectivity index (χ4n) is 1.90. The minimum Gasteiger partial charge on any atom is -0.319 e. The van der Waals surface area contributed by atoms with Gasteiger partial charge < -0.3 is 5.32 Å². The summed E-state index contributed by atoms with van der Waals surface area (Å²) in [7, 11) is 2.01. The van der Waals surface area contributed by atoms with Crippen LogP contribution in [0.15, 0.2) is 12.1 Å². The van der Waals surface area contributed by atoms with E-state index in [1.807, 2.05) is 7.05 Å². The molecule has 0 fully saturated rings. The molecule has 0 aliphatic heterocycles. The quantitative estimate of drug-likeness (QED) is 0.771. The average molecular weight is 191 g/mol. The Kier molecular flexibility index (Phi) is 4.15. The van der Waals surface area contributed by atoms with Gasteiger partial charge in [0.25, 0.3) is 0 Å². The van der Waals surface area contributed by atoms with E-state index in [4.69, 9.17) is 0 Å². The maximum atomic E-state index is 3.20. The van der Waals surface area contributed by atoms with Gasteiger partial charge in [0.05, 0.1) is 0 Å². The van der Waals surface area contributed by atoms with Crippen molar-refractivity contribution >= 4 is 0 Å². The lowest BCUT2D eigenvalue weighted by Crippen LogP contribution is -2.11. The Morgan fingerprint density at radius 2 is 1.79 bits per heavy atom. The Morgan fingerprint density at radius 1 is 1.14 bits per heavy atom. The molecule has 1 rings (SSSR count). The number of aryl methyl sites for hydroxylation is 2. The van der Waals surface area contributed by atoms with Crippen LogP contribution in [0.1, 0.15) is 29.2 Å². The van der Waals surface area contributed by atoms with Crippen molar-refractivity contribution in [3.63, 3.8) is 0 Å². The summed E-state index contributed by atoms with van der Waals surface area (Å²) in [6, 6.07) is 4.62. The molecule has 0 bridgehead atoms. The van der Waals surface area contributed by atoms with Gasteiger partial charge in [-0.2, -0.15) is 0 Å². The van der Waals surface area contributed by atoms with Crippen LogP contribution < -0.4 is 5.32 Å². The predicted molar refractivity (Wildman–Crippen MR) is 62.9 cm³/mol. The van der Waals surface area contributed by atoms with Crippen molar-refractivity contribution in [3.05, 3.63) is 34.4 Å². The summed E-state index contributed by atoms with van der Waals surface area (Å²) in [5.41, 5.74) is 5.86. The molecule has 0 amide bonds. The number of hydrogen-bond donors (Lipinski definition) is 1. The molecule has 0 heterocycles. The molecule has 0 atom stereocenters. The van der Waals surface area contributed by atoms with Gasteiger partial charge in [0.1, 0.15) is 0 Å². The van der Waals surface area contributed by atoms with Crippen LogP contribution in [0.4, 0.5) is 0 Å². The van der Waals surface area contributed by atoms with Crippen molar-refractivity contribution in [2.45, 2.75) is 33.6 Å². The number of hydrogen-bond acceptors (Lipinski definition) is 1. The molecule has 14 heavy (non-hydrogen) atoms. The lowest BCUT2D eigenvalue weighted by Gasteiger charge is -2.11. The lowest BCUT2D eigenvalue weighted by atomic mass is 9.96. The van der Waals surface area contributed by atoms with E-state index in [-0.39, 0.29) is 0 Å². The fraction of sp³-hybridized carbons (Fsp3) is 0.538. The molecule has 1 aromatic rings. The van der Waals surface area contributed by atoms with Gasteiger partial charge >= 0.3 is 0 Å². The zero-order chi connectivity index (χ0) is 10.6. The third kappa shape index (κ3) is 2.58. The van der Waals surface area contributed by atoms with Crippen molar-refractivity contribution in [3.8, 4) is 0 Å². The maximum absolute atomic E-state index is 3.20. The van der Waals surface area contributed by atoms with E-state index >= 15 is 0 Å². The van der Waals surface area contributed by atoms with Gasteiger partial charge in [-0.1, -0.05) is 24.6 Å². The molecule has 0 saturated carbocycles. The molecule has 0 aromatic heterocycles. The second-order valence-corrected chi connectivity index (χ2v) is 3.92. The Hall–Kier alpha value is -0.820. The lowest BCUT2D eigenvalue weighted by molar-refractivity contribution is 0.786. The van der Waals surface area contributed by atoms with E-state index in [2.05, 4.69) is 38.2 Å². The Bertz CT molecular complexity index is 302. The van der Waals surface area contributed by atoms with E-state index in [0.717, 1.165) is 19.4 Å². The van der Waals surface area contributed by atoms with Crippen LogP contribution in [0.25, 0.3) is 0 Å². The van der Waals surface area contributed by atoms with Crippen molar-refractivity contribution in [2.24, 2.45) is 0 Å². The highest BCUT2D eigenvalue weighted by atomic mass is 14.8. The molecule has 0 unspecified atom stereocenters. The molecule has 1 aromatic carbocycles. The molecule has 1 nitrogen and oxygen atoms in total. The normalized spacial score (nSPS) is 10.6. The summed E-state index contributed by atoms with van der Waals surface area (Å²) in [5.74, 6) is 0. The van der Waals surface area contributed by atoms with Crippen LogP contribution in [0.5, 0.6) is 0 Å². The van der Waals surface area contributed by atoms with Crippen LogP contribution in [0, 0.1) is 13.8 Å². The monoisotopic (exact) mass is 191 g/mol. The van der Waals surface area contributed by atoms with Gasteiger partial charge in [-0.15, -0.1) is 0 Å². The Labute approximate surface area is 87.5 Å². The molecule has 0 aliphatic rings. The Balaban J connectivity index is 2.96. The van der Waals surface area contributed by atoms with Gasteiger partial charge in [-0.3, -0.25) is 0 Å². The van der Waals surface area contributed by atoms with Crippen molar-refractivity contribution in [1.29, 1.82) is 0 Å². The third-order valence-electron chi connectivity index (χ3n) is 2.79. The molecular weight excluding hydrogens is 170 g/mol. The molecule has 0 radical (unpaired) electrons. The first-order chi connectivity index (χ1) is 6.69. The summed E-state index contributed by atoms with van der Waals surface area (Å²) < 4.78 is 0. The largest absolute Gasteiger partial charge is 0.319 e.